The zero-order valence-corrected chi connectivity index (χ0v) is 6.85. The summed E-state index contributed by atoms with van der Waals surface area (Å²) < 4.78 is 0. The van der Waals surface area contributed by atoms with E-state index in [2.05, 4.69) is 21.2 Å². The molecule has 0 aliphatic heterocycles. The quantitative estimate of drug-likeness (QED) is 0.640. The maximum Gasteiger partial charge on any atom is 0.322 e. The molecule has 0 aromatic carbocycles. The first kappa shape index (κ1) is 9.42. The predicted molar refractivity (Wildman–Crippen MR) is 39.1 cm³/mol. The first-order valence-corrected chi connectivity index (χ1v) is 3.83. The lowest BCUT2D eigenvalue weighted by atomic mass is 10.4. The second kappa shape index (κ2) is 5.22. The van der Waals surface area contributed by atoms with E-state index < -0.39 is 5.97 Å². The summed E-state index contributed by atoms with van der Waals surface area (Å²) in [7, 11) is 0. The van der Waals surface area contributed by atoms with E-state index in [9.17, 15) is 9.59 Å². The zero-order chi connectivity index (χ0) is 7.98. The Labute approximate surface area is 66.7 Å². The number of aliphatic carboxylic acids is 1. The highest BCUT2D eigenvalue weighted by molar-refractivity contribution is 9.09. The molecule has 0 saturated carbocycles. The molecule has 0 aliphatic rings. The Morgan fingerprint density at radius 3 is 2.50 bits per heavy atom. The Morgan fingerprint density at radius 1 is 1.50 bits per heavy atom. The van der Waals surface area contributed by atoms with Crippen molar-refractivity contribution < 1.29 is 14.7 Å². The summed E-state index contributed by atoms with van der Waals surface area (Å²) in [6.07, 6.45) is 0.313. The number of carboxylic acids is 1. The predicted octanol–water partition coefficient (Wildman–Crippen LogP) is -0.0278. The maximum atomic E-state index is 10.5. The number of rotatable bonds is 4. The molecular weight excluding hydrogens is 202 g/mol. The van der Waals surface area contributed by atoms with Gasteiger partial charge in [0.1, 0.15) is 6.54 Å². The Hall–Kier alpha value is -0.580. The van der Waals surface area contributed by atoms with Crippen LogP contribution in [0, 0.1) is 0 Å². The van der Waals surface area contributed by atoms with Crippen molar-refractivity contribution in [2.24, 2.45) is 0 Å². The highest BCUT2D eigenvalue weighted by Gasteiger charge is 2.00. The van der Waals surface area contributed by atoms with Crippen molar-refractivity contribution in [3.05, 3.63) is 0 Å². The molecule has 0 unspecified atom stereocenters. The van der Waals surface area contributed by atoms with E-state index in [0.29, 0.717) is 11.8 Å². The van der Waals surface area contributed by atoms with Crippen LogP contribution in [-0.4, -0.2) is 28.9 Å². The molecule has 10 heavy (non-hydrogen) atoms. The second-order valence-electron chi connectivity index (χ2n) is 1.61. The highest BCUT2D eigenvalue weighted by Crippen LogP contribution is 1.85. The Kier molecular flexibility index (Phi) is 4.92. The van der Waals surface area contributed by atoms with E-state index >= 15 is 0 Å². The molecule has 0 aliphatic carbocycles. The number of nitrogens with one attached hydrogen (secondary N) is 1. The molecule has 0 fully saturated rings. The lowest BCUT2D eigenvalue weighted by Crippen LogP contribution is -2.29. The average Bonchev–Trinajstić information content (AvgIpc) is 1.85. The molecule has 0 aromatic heterocycles. The fraction of sp³-hybridized carbons (Fsp3) is 0.600. The number of hydrogen-bond acceptors (Lipinski definition) is 2. The first-order valence-electron chi connectivity index (χ1n) is 2.71. The van der Waals surface area contributed by atoms with Gasteiger partial charge in [-0.05, 0) is 0 Å². The van der Waals surface area contributed by atoms with E-state index in [1.165, 1.54) is 0 Å². The van der Waals surface area contributed by atoms with Gasteiger partial charge < -0.3 is 10.4 Å². The number of carbonyl (C=O) groups is 2. The van der Waals surface area contributed by atoms with Crippen molar-refractivity contribution in [3.8, 4) is 0 Å². The van der Waals surface area contributed by atoms with E-state index in [1.54, 1.807) is 0 Å². The van der Waals surface area contributed by atoms with Gasteiger partial charge in [0, 0.05) is 11.8 Å². The summed E-state index contributed by atoms with van der Waals surface area (Å²) in [5.41, 5.74) is 0. The van der Waals surface area contributed by atoms with Crippen LogP contribution >= 0.6 is 15.9 Å². The number of carbonyl (C=O) groups excluding carboxylic acids is 1. The van der Waals surface area contributed by atoms with Gasteiger partial charge in [-0.25, -0.2) is 0 Å². The third kappa shape index (κ3) is 5.55. The molecule has 0 bridgehead atoms. The van der Waals surface area contributed by atoms with Gasteiger partial charge >= 0.3 is 5.97 Å². The van der Waals surface area contributed by atoms with Crippen LogP contribution in [-0.2, 0) is 9.59 Å². The Bertz CT molecular complexity index is 137. The zero-order valence-electron chi connectivity index (χ0n) is 5.26. The van der Waals surface area contributed by atoms with Gasteiger partial charge in [0.25, 0.3) is 0 Å². The van der Waals surface area contributed by atoms with Crippen LogP contribution in [0.15, 0.2) is 0 Å². The average molecular weight is 210 g/mol. The summed E-state index contributed by atoms with van der Waals surface area (Å²) in [5, 5.41) is 10.9. The lowest BCUT2D eigenvalue weighted by Gasteiger charge is -1.97. The minimum atomic E-state index is -1.03. The lowest BCUT2D eigenvalue weighted by molar-refractivity contribution is -0.137. The van der Waals surface area contributed by atoms with E-state index in [-0.39, 0.29) is 12.5 Å². The number of alkyl halides is 1. The molecular formula is C5H8BrNO3. The molecule has 0 aromatic rings. The summed E-state index contributed by atoms with van der Waals surface area (Å²) >= 11 is 3.05. The monoisotopic (exact) mass is 209 g/mol. The van der Waals surface area contributed by atoms with Crippen LogP contribution in [0.2, 0.25) is 0 Å². The van der Waals surface area contributed by atoms with Crippen LogP contribution in [0.5, 0.6) is 0 Å². The molecule has 5 heteroatoms. The first-order chi connectivity index (χ1) is 4.66. The Morgan fingerprint density at radius 2 is 2.10 bits per heavy atom. The summed E-state index contributed by atoms with van der Waals surface area (Å²) in [4.78, 5) is 20.4. The molecule has 2 N–H and O–H groups in total. The van der Waals surface area contributed by atoms with Crippen molar-refractivity contribution >= 4 is 27.8 Å². The molecule has 0 saturated heterocycles. The van der Waals surface area contributed by atoms with E-state index in [0.717, 1.165) is 0 Å². The third-order valence-electron chi connectivity index (χ3n) is 0.758. The number of hydrogen-bond donors (Lipinski definition) is 2. The summed E-state index contributed by atoms with van der Waals surface area (Å²) in [5.74, 6) is -1.28. The van der Waals surface area contributed by atoms with Crippen LogP contribution in [0.3, 0.4) is 0 Å². The van der Waals surface area contributed by atoms with Crippen molar-refractivity contribution in [2.75, 3.05) is 11.9 Å². The van der Waals surface area contributed by atoms with Gasteiger partial charge in [0.15, 0.2) is 0 Å². The number of carboxylic acid groups (broad SMARTS) is 1. The smallest absolute Gasteiger partial charge is 0.322 e. The highest BCUT2D eigenvalue weighted by atomic mass is 79.9. The summed E-state index contributed by atoms with van der Waals surface area (Å²) in [6.45, 7) is -0.300. The molecule has 0 radical (unpaired) electrons. The van der Waals surface area contributed by atoms with Crippen molar-refractivity contribution in [1.82, 2.24) is 5.32 Å². The fourth-order valence-electron chi connectivity index (χ4n) is 0.348. The Balaban J connectivity index is 3.30. The minimum Gasteiger partial charge on any atom is -0.480 e. The van der Waals surface area contributed by atoms with Gasteiger partial charge in [-0.3, -0.25) is 9.59 Å². The van der Waals surface area contributed by atoms with Crippen LogP contribution < -0.4 is 5.32 Å². The summed E-state index contributed by atoms with van der Waals surface area (Å²) in [6, 6.07) is 0. The van der Waals surface area contributed by atoms with E-state index in [4.69, 9.17) is 5.11 Å². The molecule has 1 amide bonds. The van der Waals surface area contributed by atoms with Crippen molar-refractivity contribution in [3.63, 3.8) is 0 Å². The molecule has 0 spiro atoms. The number of amides is 1. The molecule has 0 heterocycles. The minimum absolute atomic E-state index is 0.251. The molecule has 0 rings (SSSR count). The van der Waals surface area contributed by atoms with Gasteiger partial charge in [0.2, 0.25) is 5.91 Å². The van der Waals surface area contributed by atoms with Gasteiger partial charge in [-0.1, -0.05) is 15.9 Å². The number of halogens is 1. The van der Waals surface area contributed by atoms with Crippen LogP contribution in [0.25, 0.3) is 0 Å². The standard InChI is InChI=1S/C5H8BrNO3/c6-2-1-4(8)7-3-5(9)10/h1-3H2,(H,7,8)(H,9,10). The van der Waals surface area contributed by atoms with Gasteiger partial charge in [0.05, 0.1) is 0 Å². The molecule has 58 valence electrons. The van der Waals surface area contributed by atoms with Gasteiger partial charge in [-0.15, -0.1) is 0 Å². The van der Waals surface area contributed by atoms with Crippen LogP contribution in [0.4, 0.5) is 0 Å². The van der Waals surface area contributed by atoms with Crippen molar-refractivity contribution in [2.45, 2.75) is 6.42 Å². The second-order valence-corrected chi connectivity index (χ2v) is 2.40. The normalized spacial score (nSPS) is 8.90. The van der Waals surface area contributed by atoms with Crippen molar-refractivity contribution in [1.29, 1.82) is 0 Å². The topological polar surface area (TPSA) is 66.4 Å². The SMILES string of the molecule is O=C(O)CNC(=O)CCBr. The van der Waals surface area contributed by atoms with Gasteiger partial charge in [-0.2, -0.15) is 0 Å². The third-order valence-corrected chi connectivity index (χ3v) is 1.15. The van der Waals surface area contributed by atoms with Crippen LogP contribution in [0.1, 0.15) is 6.42 Å². The fourth-order valence-corrected chi connectivity index (χ4v) is 0.709. The maximum absolute atomic E-state index is 10.5. The largest absolute Gasteiger partial charge is 0.480 e. The van der Waals surface area contributed by atoms with E-state index in [1.807, 2.05) is 0 Å². The molecule has 0 atom stereocenters. The molecule has 4 nitrogen and oxygen atoms in total.